The molecule has 1 aliphatic rings. The van der Waals surface area contributed by atoms with Crippen LogP contribution in [0, 0.1) is 0 Å². The third-order valence-electron chi connectivity index (χ3n) is 4.37. The van der Waals surface area contributed by atoms with Gasteiger partial charge >= 0.3 is 0 Å². The zero-order valence-corrected chi connectivity index (χ0v) is 13.3. The number of hydrogen-bond donors (Lipinski definition) is 1. The summed E-state index contributed by atoms with van der Waals surface area (Å²) in [6.45, 7) is 1.97. The number of aryl methyl sites for hydroxylation is 1. The Labute approximate surface area is 130 Å². The van der Waals surface area contributed by atoms with Crippen molar-refractivity contribution >= 4 is 27.3 Å². The second kappa shape index (κ2) is 6.58. The molecule has 4 heteroatoms. The van der Waals surface area contributed by atoms with Crippen molar-refractivity contribution < 1.29 is 4.79 Å². The van der Waals surface area contributed by atoms with E-state index in [2.05, 4.69) is 35.0 Å². The van der Waals surface area contributed by atoms with Gasteiger partial charge in [-0.3, -0.25) is 4.79 Å². The summed E-state index contributed by atoms with van der Waals surface area (Å²) in [5, 5.41) is 6.90. The number of likely N-dealkylation sites (N-methyl/N-ethyl adjacent to an activating group) is 1. The first-order valence-corrected chi connectivity index (χ1v) is 8.55. The number of benzene rings is 1. The summed E-state index contributed by atoms with van der Waals surface area (Å²) in [6.07, 6.45) is 3.66. The zero-order valence-electron chi connectivity index (χ0n) is 12.5. The van der Waals surface area contributed by atoms with Gasteiger partial charge in [0.05, 0.1) is 0 Å². The number of thiophene rings is 1. The van der Waals surface area contributed by atoms with Crippen molar-refractivity contribution in [2.24, 2.45) is 0 Å². The van der Waals surface area contributed by atoms with Crippen LogP contribution in [0.15, 0.2) is 29.6 Å². The highest BCUT2D eigenvalue weighted by Crippen LogP contribution is 2.26. The van der Waals surface area contributed by atoms with Gasteiger partial charge in [0.15, 0.2) is 0 Å². The molecule has 0 bridgehead atoms. The molecule has 1 fully saturated rings. The van der Waals surface area contributed by atoms with E-state index in [4.69, 9.17) is 0 Å². The van der Waals surface area contributed by atoms with Crippen LogP contribution in [-0.2, 0) is 11.2 Å². The lowest BCUT2D eigenvalue weighted by molar-refractivity contribution is -0.131. The van der Waals surface area contributed by atoms with Gasteiger partial charge in [0.1, 0.15) is 0 Å². The van der Waals surface area contributed by atoms with Gasteiger partial charge in [-0.05, 0) is 48.2 Å². The van der Waals surface area contributed by atoms with E-state index in [0.29, 0.717) is 12.5 Å². The van der Waals surface area contributed by atoms with Crippen molar-refractivity contribution in [3.8, 4) is 0 Å². The molecule has 0 saturated carbocycles. The molecule has 0 spiro atoms. The molecule has 0 radical (unpaired) electrons. The number of nitrogens with zero attached hydrogens (tertiary/aromatic N) is 1. The van der Waals surface area contributed by atoms with E-state index in [1.54, 1.807) is 11.3 Å². The van der Waals surface area contributed by atoms with Gasteiger partial charge in [-0.25, -0.2) is 0 Å². The van der Waals surface area contributed by atoms with Gasteiger partial charge in [-0.1, -0.05) is 18.2 Å². The van der Waals surface area contributed by atoms with Crippen LogP contribution in [-0.4, -0.2) is 37.0 Å². The van der Waals surface area contributed by atoms with E-state index in [1.807, 2.05) is 11.9 Å². The van der Waals surface area contributed by atoms with Crippen LogP contribution < -0.4 is 5.32 Å². The van der Waals surface area contributed by atoms with E-state index in [9.17, 15) is 4.79 Å². The molecule has 112 valence electrons. The Kier molecular flexibility index (Phi) is 4.56. The van der Waals surface area contributed by atoms with Crippen LogP contribution in [0.3, 0.4) is 0 Å². The van der Waals surface area contributed by atoms with Gasteiger partial charge in [0.25, 0.3) is 0 Å². The summed E-state index contributed by atoms with van der Waals surface area (Å²) in [6, 6.07) is 8.90. The van der Waals surface area contributed by atoms with E-state index >= 15 is 0 Å². The summed E-state index contributed by atoms with van der Waals surface area (Å²) in [4.78, 5) is 14.2. The Morgan fingerprint density at radius 3 is 3.10 bits per heavy atom. The van der Waals surface area contributed by atoms with E-state index in [1.165, 1.54) is 15.6 Å². The van der Waals surface area contributed by atoms with Crippen LogP contribution >= 0.6 is 11.3 Å². The minimum absolute atomic E-state index is 0.281. The summed E-state index contributed by atoms with van der Waals surface area (Å²) < 4.78 is 1.34. The molecule has 1 aliphatic heterocycles. The summed E-state index contributed by atoms with van der Waals surface area (Å²) in [7, 11) is 1.94. The molecule has 1 N–H and O–H groups in total. The highest BCUT2D eigenvalue weighted by molar-refractivity contribution is 7.17. The van der Waals surface area contributed by atoms with E-state index < -0.39 is 0 Å². The van der Waals surface area contributed by atoms with E-state index in [-0.39, 0.29) is 5.91 Å². The second-order valence-electron chi connectivity index (χ2n) is 5.76. The first-order valence-electron chi connectivity index (χ1n) is 7.67. The maximum absolute atomic E-state index is 12.2. The van der Waals surface area contributed by atoms with Gasteiger partial charge < -0.3 is 10.2 Å². The van der Waals surface area contributed by atoms with Crippen molar-refractivity contribution in [2.45, 2.75) is 31.7 Å². The number of nitrogens with one attached hydrogen (secondary N) is 1. The summed E-state index contributed by atoms with van der Waals surface area (Å²) >= 11 is 1.80. The average molecular weight is 302 g/mol. The molecule has 1 unspecified atom stereocenters. The van der Waals surface area contributed by atoms with Crippen LogP contribution in [0.5, 0.6) is 0 Å². The Morgan fingerprint density at radius 2 is 2.29 bits per heavy atom. The van der Waals surface area contributed by atoms with Gasteiger partial charge in [-0.15, -0.1) is 11.3 Å². The third-order valence-corrected chi connectivity index (χ3v) is 5.39. The Bertz CT molecular complexity index is 616. The summed E-state index contributed by atoms with van der Waals surface area (Å²) in [5.41, 5.74) is 1.38. The van der Waals surface area contributed by atoms with Crippen molar-refractivity contribution in [2.75, 3.05) is 20.1 Å². The van der Waals surface area contributed by atoms with Crippen molar-refractivity contribution in [3.63, 3.8) is 0 Å². The molecule has 21 heavy (non-hydrogen) atoms. The average Bonchev–Trinajstić information content (AvgIpc) is 3.16. The number of carbonyl (C=O) groups is 1. The minimum Gasteiger partial charge on any atom is -0.341 e. The Morgan fingerprint density at radius 1 is 1.43 bits per heavy atom. The zero-order chi connectivity index (χ0) is 14.7. The number of fused-ring (bicyclic) bond motifs is 1. The Balaban J connectivity index is 1.52. The highest BCUT2D eigenvalue weighted by Gasteiger charge is 2.22. The first kappa shape index (κ1) is 14.5. The SMILES string of the molecule is CN(C(=O)CCCc1csc2ccccc12)C1CCNC1. The first-order chi connectivity index (χ1) is 10.3. The molecule has 0 aliphatic carbocycles. The second-order valence-corrected chi connectivity index (χ2v) is 6.67. The molecular formula is C17H22N2OS. The fourth-order valence-corrected chi connectivity index (χ4v) is 4.00. The molecule has 2 aromatic rings. The highest BCUT2D eigenvalue weighted by atomic mass is 32.1. The van der Waals surface area contributed by atoms with Crippen molar-refractivity contribution in [3.05, 3.63) is 35.2 Å². The van der Waals surface area contributed by atoms with Gasteiger partial charge in [0.2, 0.25) is 5.91 Å². The predicted molar refractivity (Wildman–Crippen MR) is 88.8 cm³/mol. The molecule has 2 heterocycles. The lowest BCUT2D eigenvalue weighted by atomic mass is 10.1. The van der Waals surface area contributed by atoms with Crippen molar-refractivity contribution in [1.82, 2.24) is 10.2 Å². The monoisotopic (exact) mass is 302 g/mol. The fraction of sp³-hybridized carbons (Fsp3) is 0.471. The van der Waals surface area contributed by atoms with Crippen molar-refractivity contribution in [1.29, 1.82) is 0 Å². The molecule has 1 aromatic heterocycles. The number of rotatable bonds is 5. The van der Waals surface area contributed by atoms with E-state index in [0.717, 1.165) is 32.4 Å². The van der Waals surface area contributed by atoms with Crippen LogP contribution in [0.2, 0.25) is 0 Å². The lowest BCUT2D eigenvalue weighted by Gasteiger charge is -2.23. The topological polar surface area (TPSA) is 32.3 Å². The Hall–Kier alpha value is -1.39. The minimum atomic E-state index is 0.281. The molecule has 1 aromatic carbocycles. The summed E-state index contributed by atoms with van der Waals surface area (Å²) in [5.74, 6) is 0.281. The van der Waals surface area contributed by atoms with Crippen LogP contribution in [0.4, 0.5) is 0 Å². The molecule has 3 nitrogen and oxygen atoms in total. The lowest BCUT2D eigenvalue weighted by Crippen LogP contribution is -2.38. The van der Waals surface area contributed by atoms with Crippen LogP contribution in [0.1, 0.15) is 24.8 Å². The maximum atomic E-state index is 12.2. The number of carbonyl (C=O) groups excluding carboxylic acids is 1. The normalized spacial score (nSPS) is 18.2. The molecular weight excluding hydrogens is 280 g/mol. The molecule has 1 atom stereocenters. The third kappa shape index (κ3) is 3.27. The molecule has 3 rings (SSSR count). The smallest absolute Gasteiger partial charge is 0.222 e. The largest absolute Gasteiger partial charge is 0.341 e. The number of hydrogen-bond acceptors (Lipinski definition) is 3. The predicted octanol–water partition coefficient (Wildman–Crippen LogP) is 3.04. The molecule has 1 saturated heterocycles. The standard InChI is InChI=1S/C17H22N2OS/c1-19(14-9-10-18-11-14)17(20)8-4-5-13-12-21-16-7-3-2-6-15(13)16/h2-3,6-7,12,14,18H,4-5,8-11H2,1H3. The number of amides is 1. The quantitative estimate of drug-likeness (QED) is 0.920. The fourth-order valence-electron chi connectivity index (χ4n) is 3.01. The van der Waals surface area contributed by atoms with Gasteiger partial charge in [0, 0.05) is 30.8 Å². The van der Waals surface area contributed by atoms with Gasteiger partial charge in [-0.2, -0.15) is 0 Å². The molecule has 1 amide bonds. The van der Waals surface area contributed by atoms with Crippen LogP contribution in [0.25, 0.3) is 10.1 Å². The maximum Gasteiger partial charge on any atom is 0.222 e.